The number of aromatic nitrogens is 2. The quantitative estimate of drug-likeness (QED) is 0.638. The van der Waals surface area contributed by atoms with Gasteiger partial charge in [0.05, 0.1) is 0 Å². The first-order valence-electron chi connectivity index (χ1n) is 7.17. The smallest absolute Gasteiger partial charge is 0.224 e. The first-order valence-corrected chi connectivity index (χ1v) is 7.17. The summed E-state index contributed by atoms with van der Waals surface area (Å²) in [4.78, 5) is 8.66. The molecule has 108 valence electrons. The second kappa shape index (κ2) is 9.55. The van der Waals surface area contributed by atoms with E-state index in [1.165, 1.54) is 6.42 Å². The SMILES string of the molecule is CCCCOCCCNc1nc(NCC)ncc1C. The van der Waals surface area contributed by atoms with Crippen LogP contribution in [0.2, 0.25) is 0 Å². The van der Waals surface area contributed by atoms with Gasteiger partial charge in [-0.1, -0.05) is 13.3 Å². The molecular weight excluding hydrogens is 240 g/mol. The Balaban J connectivity index is 2.26. The average molecular weight is 266 g/mol. The van der Waals surface area contributed by atoms with Crippen molar-refractivity contribution in [2.45, 2.75) is 40.0 Å². The standard InChI is InChI=1S/C14H26N4O/c1-4-6-9-19-10-7-8-16-13-12(3)11-17-14(18-13)15-5-2/h11H,4-10H2,1-3H3,(H2,15,16,17,18). The van der Waals surface area contributed by atoms with E-state index in [4.69, 9.17) is 4.74 Å². The maximum absolute atomic E-state index is 5.52. The van der Waals surface area contributed by atoms with Gasteiger partial charge in [0.2, 0.25) is 5.95 Å². The van der Waals surface area contributed by atoms with E-state index in [0.717, 1.165) is 50.5 Å². The lowest BCUT2D eigenvalue weighted by Gasteiger charge is -2.10. The molecule has 0 amide bonds. The average Bonchev–Trinajstić information content (AvgIpc) is 2.41. The number of hydrogen-bond donors (Lipinski definition) is 2. The van der Waals surface area contributed by atoms with Gasteiger partial charge in [0.15, 0.2) is 0 Å². The van der Waals surface area contributed by atoms with Crippen LogP contribution in [0.4, 0.5) is 11.8 Å². The molecule has 0 saturated heterocycles. The summed E-state index contributed by atoms with van der Waals surface area (Å²) >= 11 is 0. The van der Waals surface area contributed by atoms with Crippen molar-refractivity contribution in [3.8, 4) is 0 Å². The van der Waals surface area contributed by atoms with Crippen LogP contribution in [0.5, 0.6) is 0 Å². The van der Waals surface area contributed by atoms with Gasteiger partial charge in [0.25, 0.3) is 0 Å². The summed E-state index contributed by atoms with van der Waals surface area (Å²) in [7, 11) is 0. The number of hydrogen-bond acceptors (Lipinski definition) is 5. The highest BCUT2D eigenvalue weighted by atomic mass is 16.5. The minimum Gasteiger partial charge on any atom is -0.381 e. The lowest BCUT2D eigenvalue weighted by molar-refractivity contribution is 0.131. The summed E-state index contributed by atoms with van der Waals surface area (Å²) in [6.07, 6.45) is 5.16. The van der Waals surface area contributed by atoms with Gasteiger partial charge in [-0.3, -0.25) is 0 Å². The van der Waals surface area contributed by atoms with E-state index in [2.05, 4.69) is 27.5 Å². The lowest BCUT2D eigenvalue weighted by atomic mass is 10.3. The van der Waals surface area contributed by atoms with Gasteiger partial charge >= 0.3 is 0 Å². The minimum absolute atomic E-state index is 0.676. The van der Waals surface area contributed by atoms with E-state index in [1.54, 1.807) is 0 Å². The summed E-state index contributed by atoms with van der Waals surface area (Å²) in [5.74, 6) is 1.58. The Bertz CT molecular complexity index is 357. The third kappa shape index (κ3) is 6.38. The second-order valence-electron chi connectivity index (χ2n) is 4.50. The Hall–Kier alpha value is -1.36. The summed E-state index contributed by atoms with van der Waals surface area (Å²) in [6, 6.07) is 0. The molecule has 5 heteroatoms. The number of nitrogens with one attached hydrogen (secondary N) is 2. The van der Waals surface area contributed by atoms with Crippen LogP contribution in [0.3, 0.4) is 0 Å². The third-order valence-corrected chi connectivity index (χ3v) is 2.71. The van der Waals surface area contributed by atoms with Crippen molar-refractivity contribution in [1.29, 1.82) is 0 Å². The first kappa shape index (κ1) is 15.7. The Morgan fingerprint density at radius 1 is 1.16 bits per heavy atom. The van der Waals surface area contributed by atoms with Gasteiger partial charge in [-0.2, -0.15) is 4.98 Å². The van der Waals surface area contributed by atoms with Crippen LogP contribution < -0.4 is 10.6 Å². The Kier molecular flexibility index (Phi) is 7.89. The number of ether oxygens (including phenoxy) is 1. The Labute approximate surface area is 116 Å². The van der Waals surface area contributed by atoms with Gasteiger partial charge in [-0.15, -0.1) is 0 Å². The number of anilines is 2. The number of unbranched alkanes of at least 4 members (excludes halogenated alkanes) is 1. The van der Waals surface area contributed by atoms with E-state index < -0.39 is 0 Å². The molecule has 0 bridgehead atoms. The molecule has 0 aliphatic carbocycles. The fraction of sp³-hybridized carbons (Fsp3) is 0.714. The van der Waals surface area contributed by atoms with Crippen molar-refractivity contribution in [3.05, 3.63) is 11.8 Å². The lowest BCUT2D eigenvalue weighted by Crippen LogP contribution is -2.10. The molecule has 0 saturated carbocycles. The normalized spacial score (nSPS) is 10.5. The van der Waals surface area contributed by atoms with Crippen molar-refractivity contribution in [2.75, 3.05) is 36.9 Å². The number of rotatable bonds is 10. The molecule has 0 aromatic carbocycles. The van der Waals surface area contributed by atoms with Crippen LogP contribution in [0.25, 0.3) is 0 Å². The van der Waals surface area contributed by atoms with Crippen LogP contribution in [0.1, 0.15) is 38.7 Å². The fourth-order valence-corrected chi connectivity index (χ4v) is 1.59. The Morgan fingerprint density at radius 2 is 1.95 bits per heavy atom. The summed E-state index contributed by atoms with van der Waals surface area (Å²) in [5, 5.41) is 6.44. The van der Waals surface area contributed by atoms with Crippen molar-refractivity contribution < 1.29 is 4.74 Å². The summed E-state index contributed by atoms with van der Waals surface area (Å²) < 4.78 is 5.52. The van der Waals surface area contributed by atoms with Crippen molar-refractivity contribution in [3.63, 3.8) is 0 Å². The van der Waals surface area contributed by atoms with Gasteiger partial charge in [0.1, 0.15) is 5.82 Å². The highest BCUT2D eigenvalue weighted by Gasteiger charge is 2.02. The van der Waals surface area contributed by atoms with Crippen molar-refractivity contribution in [1.82, 2.24) is 9.97 Å². The molecule has 1 rings (SSSR count). The number of aryl methyl sites for hydroxylation is 1. The first-order chi connectivity index (χ1) is 9.27. The maximum Gasteiger partial charge on any atom is 0.224 e. The van der Waals surface area contributed by atoms with Crippen LogP contribution in [-0.2, 0) is 4.74 Å². The van der Waals surface area contributed by atoms with Gasteiger partial charge in [-0.05, 0) is 26.7 Å². The van der Waals surface area contributed by atoms with Crippen molar-refractivity contribution >= 4 is 11.8 Å². The van der Waals surface area contributed by atoms with E-state index >= 15 is 0 Å². The predicted octanol–water partition coefficient (Wildman–Crippen LogP) is 2.84. The molecule has 0 aliphatic rings. The molecule has 2 N–H and O–H groups in total. The molecule has 1 aromatic rings. The molecule has 0 atom stereocenters. The van der Waals surface area contributed by atoms with E-state index in [0.29, 0.717) is 5.95 Å². The van der Waals surface area contributed by atoms with Crippen LogP contribution in [-0.4, -0.2) is 36.3 Å². The molecule has 0 unspecified atom stereocenters. The summed E-state index contributed by atoms with van der Waals surface area (Å²) in [6.45, 7) is 9.58. The highest BCUT2D eigenvalue weighted by Crippen LogP contribution is 2.12. The van der Waals surface area contributed by atoms with E-state index in [-0.39, 0.29) is 0 Å². The zero-order valence-electron chi connectivity index (χ0n) is 12.3. The fourth-order valence-electron chi connectivity index (χ4n) is 1.59. The summed E-state index contributed by atoms with van der Waals surface area (Å²) in [5.41, 5.74) is 1.06. The molecule has 19 heavy (non-hydrogen) atoms. The zero-order valence-corrected chi connectivity index (χ0v) is 12.3. The van der Waals surface area contributed by atoms with E-state index in [1.807, 2.05) is 20.0 Å². The molecule has 0 spiro atoms. The largest absolute Gasteiger partial charge is 0.381 e. The Morgan fingerprint density at radius 3 is 2.68 bits per heavy atom. The molecular formula is C14H26N4O. The molecule has 0 fully saturated rings. The molecule has 0 aliphatic heterocycles. The zero-order chi connectivity index (χ0) is 13.9. The predicted molar refractivity (Wildman–Crippen MR) is 79.8 cm³/mol. The van der Waals surface area contributed by atoms with Gasteiger partial charge in [0, 0.05) is 38.1 Å². The van der Waals surface area contributed by atoms with Crippen molar-refractivity contribution in [2.24, 2.45) is 0 Å². The molecule has 1 heterocycles. The van der Waals surface area contributed by atoms with Crippen LogP contribution in [0.15, 0.2) is 6.20 Å². The topological polar surface area (TPSA) is 59.1 Å². The monoisotopic (exact) mass is 266 g/mol. The maximum atomic E-state index is 5.52. The molecule has 1 aromatic heterocycles. The van der Waals surface area contributed by atoms with Gasteiger partial charge < -0.3 is 15.4 Å². The molecule has 5 nitrogen and oxygen atoms in total. The van der Waals surface area contributed by atoms with Gasteiger partial charge in [-0.25, -0.2) is 4.98 Å². The number of nitrogens with zero attached hydrogens (tertiary/aromatic N) is 2. The minimum atomic E-state index is 0.676. The molecule has 0 radical (unpaired) electrons. The van der Waals surface area contributed by atoms with Crippen LogP contribution >= 0.6 is 0 Å². The van der Waals surface area contributed by atoms with E-state index in [9.17, 15) is 0 Å². The third-order valence-electron chi connectivity index (χ3n) is 2.71. The van der Waals surface area contributed by atoms with Crippen LogP contribution in [0, 0.1) is 6.92 Å². The highest BCUT2D eigenvalue weighted by molar-refractivity contribution is 5.46. The second-order valence-corrected chi connectivity index (χ2v) is 4.50.